The highest BCUT2D eigenvalue weighted by molar-refractivity contribution is 7.89. The molecule has 92 valence electrons. The van der Waals surface area contributed by atoms with E-state index >= 15 is 0 Å². The van der Waals surface area contributed by atoms with Crippen LogP contribution in [-0.4, -0.2) is 38.4 Å². The summed E-state index contributed by atoms with van der Waals surface area (Å²) in [6.07, 6.45) is 0. The summed E-state index contributed by atoms with van der Waals surface area (Å²) in [5.74, 6) is -0.0848. The van der Waals surface area contributed by atoms with Gasteiger partial charge in [0.05, 0.1) is 11.5 Å². The summed E-state index contributed by atoms with van der Waals surface area (Å²) in [5.41, 5.74) is 0.502. The molecule has 0 amide bonds. The minimum Gasteiger partial charge on any atom is -0.364 e. The number of nitrogens with zero attached hydrogens (tertiary/aromatic N) is 1. The maximum Gasteiger partial charge on any atom is 0.245 e. The highest BCUT2D eigenvalue weighted by atomic mass is 32.2. The van der Waals surface area contributed by atoms with E-state index in [0.29, 0.717) is 18.7 Å². The third kappa shape index (κ3) is 2.38. The molecule has 0 bridgehead atoms. The predicted octanol–water partition coefficient (Wildman–Crippen LogP) is 0.868. The van der Waals surface area contributed by atoms with Gasteiger partial charge in [-0.25, -0.2) is 8.42 Å². The lowest BCUT2D eigenvalue weighted by atomic mass is 10.2. The minimum absolute atomic E-state index is 0.0848. The average Bonchev–Trinajstić information content (AvgIpc) is 2.83. The van der Waals surface area contributed by atoms with E-state index in [-0.39, 0.29) is 17.4 Å². The van der Waals surface area contributed by atoms with Crippen LogP contribution in [0.1, 0.15) is 17.3 Å². The number of hydrogen-bond donors (Lipinski definition) is 0. The van der Waals surface area contributed by atoms with E-state index in [1.807, 2.05) is 0 Å². The maximum atomic E-state index is 12.1. The molecule has 1 aliphatic heterocycles. The second-order valence-electron chi connectivity index (χ2n) is 3.80. The lowest BCUT2D eigenvalue weighted by Gasteiger charge is -2.13. The smallest absolute Gasteiger partial charge is 0.245 e. The first-order valence-corrected chi connectivity index (χ1v) is 6.65. The molecule has 1 aliphatic rings. The molecule has 0 atom stereocenters. The molecule has 2 rings (SSSR count). The predicted molar refractivity (Wildman–Crippen MR) is 61.2 cm³/mol. The van der Waals surface area contributed by atoms with Crippen LogP contribution in [0, 0.1) is 0 Å². The van der Waals surface area contributed by atoms with E-state index in [4.69, 9.17) is 4.74 Å². The molecular weight excluding hydrogens is 242 g/mol. The van der Waals surface area contributed by atoms with Gasteiger partial charge in [-0.15, -0.1) is 0 Å². The molecule has 0 aliphatic carbocycles. The molecule has 1 aromatic rings. The van der Waals surface area contributed by atoms with Crippen molar-refractivity contribution in [2.75, 3.05) is 19.9 Å². The quantitative estimate of drug-likeness (QED) is 0.752. The van der Waals surface area contributed by atoms with E-state index in [9.17, 15) is 13.2 Å². The van der Waals surface area contributed by atoms with Gasteiger partial charge in [0, 0.05) is 12.1 Å². The normalized spacial score (nSPS) is 17.2. The van der Waals surface area contributed by atoms with E-state index in [1.54, 1.807) is 0 Å². The van der Waals surface area contributed by atoms with Crippen molar-refractivity contribution >= 4 is 15.8 Å². The fourth-order valence-electron chi connectivity index (χ4n) is 1.60. The number of ketones is 1. The Kier molecular flexibility index (Phi) is 3.28. The fourth-order valence-corrected chi connectivity index (χ4v) is 2.90. The van der Waals surface area contributed by atoms with Gasteiger partial charge in [-0.2, -0.15) is 4.31 Å². The van der Waals surface area contributed by atoms with Crippen molar-refractivity contribution in [1.82, 2.24) is 4.31 Å². The Morgan fingerprint density at radius 3 is 2.41 bits per heavy atom. The molecule has 1 fully saturated rings. The lowest BCUT2D eigenvalue weighted by Crippen LogP contribution is -2.28. The number of carbonyl (C=O) groups excluding carboxylic acids is 1. The van der Waals surface area contributed by atoms with Crippen LogP contribution in [0.3, 0.4) is 0 Å². The molecule has 0 unspecified atom stereocenters. The van der Waals surface area contributed by atoms with Gasteiger partial charge in [0.2, 0.25) is 10.0 Å². The second-order valence-corrected chi connectivity index (χ2v) is 5.74. The van der Waals surface area contributed by atoms with Crippen LogP contribution in [0.25, 0.3) is 0 Å². The molecule has 0 saturated carbocycles. The topological polar surface area (TPSA) is 63.7 Å². The van der Waals surface area contributed by atoms with Crippen molar-refractivity contribution in [3.63, 3.8) is 0 Å². The Morgan fingerprint density at radius 1 is 1.29 bits per heavy atom. The number of ether oxygens (including phenoxy) is 1. The Balaban J connectivity index is 2.30. The molecule has 6 heteroatoms. The zero-order valence-electron chi connectivity index (χ0n) is 9.42. The standard InChI is InChI=1S/C11H13NO4S/c1-9(13)10-2-4-11(5-3-10)17(14,15)12-6-7-16-8-12/h2-5H,6-8H2,1H3. The van der Waals surface area contributed by atoms with Crippen LogP contribution in [0.2, 0.25) is 0 Å². The van der Waals surface area contributed by atoms with Crippen LogP contribution in [0.4, 0.5) is 0 Å². The van der Waals surface area contributed by atoms with Crippen LogP contribution in [0.5, 0.6) is 0 Å². The summed E-state index contributed by atoms with van der Waals surface area (Å²) in [6, 6.07) is 5.94. The number of rotatable bonds is 3. The Morgan fingerprint density at radius 2 is 1.94 bits per heavy atom. The molecule has 0 N–H and O–H groups in total. The SMILES string of the molecule is CC(=O)c1ccc(S(=O)(=O)N2CCOC2)cc1. The lowest BCUT2D eigenvalue weighted by molar-refractivity contribution is 0.101. The third-order valence-electron chi connectivity index (χ3n) is 2.62. The zero-order valence-corrected chi connectivity index (χ0v) is 10.2. The number of carbonyl (C=O) groups is 1. The minimum atomic E-state index is -3.48. The van der Waals surface area contributed by atoms with Gasteiger partial charge in [0.25, 0.3) is 0 Å². The Bertz CT molecular complexity index is 515. The van der Waals surface area contributed by atoms with Crippen LogP contribution in [-0.2, 0) is 14.8 Å². The van der Waals surface area contributed by atoms with Gasteiger partial charge >= 0.3 is 0 Å². The fraction of sp³-hybridized carbons (Fsp3) is 0.364. The first-order chi connectivity index (χ1) is 8.01. The summed E-state index contributed by atoms with van der Waals surface area (Å²) in [4.78, 5) is 11.3. The third-order valence-corrected chi connectivity index (χ3v) is 4.45. The van der Waals surface area contributed by atoms with E-state index < -0.39 is 10.0 Å². The molecule has 0 aromatic heterocycles. The van der Waals surface area contributed by atoms with Gasteiger partial charge in [-0.3, -0.25) is 4.79 Å². The van der Waals surface area contributed by atoms with Gasteiger partial charge in [-0.05, 0) is 19.1 Å². The van der Waals surface area contributed by atoms with Crippen LogP contribution < -0.4 is 0 Å². The van der Waals surface area contributed by atoms with Gasteiger partial charge in [-0.1, -0.05) is 12.1 Å². The second kappa shape index (κ2) is 4.56. The summed E-state index contributed by atoms with van der Waals surface area (Å²) < 4.78 is 30.4. The molecule has 0 spiro atoms. The highest BCUT2D eigenvalue weighted by Gasteiger charge is 2.27. The number of hydrogen-bond acceptors (Lipinski definition) is 4. The molecule has 17 heavy (non-hydrogen) atoms. The largest absolute Gasteiger partial charge is 0.364 e. The zero-order chi connectivity index (χ0) is 12.5. The van der Waals surface area contributed by atoms with Crippen molar-refractivity contribution in [2.45, 2.75) is 11.8 Å². The monoisotopic (exact) mass is 255 g/mol. The Labute approximate surface area is 100 Å². The summed E-state index contributed by atoms with van der Waals surface area (Å²) in [6.45, 7) is 2.33. The van der Waals surface area contributed by atoms with E-state index in [1.165, 1.54) is 35.5 Å². The van der Waals surface area contributed by atoms with Crippen molar-refractivity contribution in [2.24, 2.45) is 0 Å². The van der Waals surface area contributed by atoms with Crippen LogP contribution >= 0.6 is 0 Å². The summed E-state index contributed by atoms with van der Waals surface area (Å²) in [5, 5.41) is 0. The van der Waals surface area contributed by atoms with Gasteiger partial charge in [0.15, 0.2) is 5.78 Å². The molecule has 5 nitrogen and oxygen atoms in total. The number of benzene rings is 1. The molecule has 1 heterocycles. The van der Waals surface area contributed by atoms with Crippen molar-refractivity contribution in [1.29, 1.82) is 0 Å². The maximum absolute atomic E-state index is 12.1. The average molecular weight is 255 g/mol. The number of Topliss-reactive ketones (excluding diaryl/α,β-unsaturated/α-hetero) is 1. The van der Waals surface area contributed by atoms with Gasteiger partial charge < -0.3 is 4.74 Å². The van der Waals surface area contributed by atoms with E-state index in [0.717, 1.165) is 0 Å². The van der Waals surface area contributed by atoms with Crippen molar-refractivity contribution in [3.05, 3.63) is 29.8 Å². The Hall–Kier alpha value is -1.24. The summed E-state index contributed by atoms with van der Waals surface area (Å²) in [7, 11) is -3.48. The number of sulfonamides is 1. The highest BCUT2D eigenvalue weighted by Crippen LogP contribution is 2.18. The first-order valence-electron chi connectivity index (χ1n) is 5.21. The van der Waals surface area contributed by atoms with Crippen LogP contribution in [0.15, 0.2) is 29.2 Å². The molecule has 1 saturated heterocycles. The summed E-state index contributed by atoms with van der Waals surface area (Å²) >= 11 is 0. The van der Waals surface area contributed by atoms with Crippen molar-refractivity contribution in [3.8, 4) is 0 Å². The molecular formula is C11H13NO4S. The molecule has 1 aromatic carbocycles. The van der Waals surface area contributed by atoms with Crippen molar-refractivity contribution < 1.29 is 17.9 Å². The van der Waals surface area contributed by atoms with Gasteiger partial charge in [0.1, 0.15) is 6.73 Å². The van der Waals surface area contributed by atoms with E-state index in [2.05, 4.69) is 0 Å². The first kappa shape index (κ1) is 12.2. The molecule has 0 radical (unpaired) electrons.